The third-order valence-electron chi connectivity index (χ3n) is 3.83. The molecule has 2 amide bonds. The lowest BCUT2D eigenvalue weighted by atomic mass is 9.96. The topological polar surface area (TPSA) is 49.4 Å². The number of nitrogens with zero attached hydrogens (tertiary/aromatic N) is 1. The number of hydrogen-bond acceptors (Lipinski definition) is 2. The average molecular weight is 296 g/mol. The molecule has 0 aliphatic carbocycles. The van der Waals surface area contributed by atoms with Crippen LogP contribution in [0, 0.1) is 17.6 Å². The lowest BCUT2D eigenvalue weighted by molar-refractivity contribution is -0.146. The fourth-order valence-corrected chi connectivity index (χ4v) is 2.36. The summed E-state index contributed by atoms with van der Waals surface area (Å²) in [6.45, 7) is 3.55. The quantitative estimate of drug-likeness (QED) is 0.921. The molecule has 1 fully saturated rings. The van der Waals surface area contributed by atoms with Gasteiger partial charge in [0.1, 0.15) is 6.04 Å². The third kappa shape index (κ3) is 3.20. The van der Waals surface area contributed by atoms with Gasteiger partial charge in [-0.15, -0.1) is 0 Å². The molecule has 1 heterocycles. The fraction of sp³-hybridized carbons (Fsp3) is 0.467. The Bertz CT molecular complexity index is 563. The van der Waals surface area contributed by atoms with Crippen LogP contribution in [0.4, 0.5) is 8.78 Å². The minimum Gasteiger partial charge on any atom is -0.342 e. The van der Waals surface area contributed by atoms with E-state index in [1.165, 1.54) is 17.0 Å². The molecule has 6 heteroatoms. The first-order valence-corrected chi connectivity index (χ1v) is 6.95. The van der Waals surface area contributed by atoms with Gasteiger partial charge in [0.15, 0.2) is 11.6 Å². The summed E-state index contributed by atoms with van der Waals surface area (Å²) in [6.07, 6.45) is 0.735. The van der Waals surface area contributed by atoms with E-state index in [1.54, 1.807) is 0 Å². The predicted octanol–water partition coefficient (Wildman–Crippen LogP) is 1.84. The molecule has 2 rings (SSSR count). The summed E-state index contributed by atoms with van der Waals surface area (Å²) in [5, 5.41) is 2.66. The first-order chi connectivity index (χ1) is 9.93. The zero-order valence-electron chi connectivity index (χ0n) is 12.0. The number of halogens is 2. The molecule has 1 saturated heterocycles. The maximum atomic E-state index is 13.7. The Morgan fingerprint density at radius 1 is 1.38 bits per heavy atom. The second-order valence-corrected chi connectivity index (χ2v) is 5.34. The van der Waals surface area contributed by atoms with Crippen LogP contribution in [0.1, 0.15) is 25.8 Å². The molecule has 1 N–H and O–H groups in total. The number of nitrogens with one attached hydrogen (secondary N) is 1. The molecule has 0 radical (unpaired) electrons. The number of piperazine rings is 1. The molecule has 0 saturated carbocycles. The van der Waals surface area contributed by atoms with Crippen molar-refractivity contribution in [2.24, 2.45) is 5.92 Å². The summed E-state index contributed by atoms with van der Waals surface area (Å²) in [5.74, 6) is -2.48. The molecule has 2 atom stereocenters. The van der Waals surface area contributed by atoms with Crippen molar-refractivity contribution < 1.29 is 18.4 Å². The highest BCUT2D eigenvalue weighted by molar-refractivity contribution is 5.95. The van der Waals surface area contributed by atoms with E-state index in [0.29, 0.717) is 0 Å². The second kappa shape index (κ2) is 6.20. The van der Waals surface area contributed by atoms with Crippen LogP contribution in [0.25, 0.3) is 0 Å². The normalized spacial score (nSPS) is 20.4. The summed E-state index contributed by atoms with van der Waals surface area (Å²) < 4.78 is 26.9. The Hall–Kier alpha value is -1.98. The van der Waals surface area contributed by atoms with Crippen molar-refractivity contribution in [2.75, 3.05) is 6.54 Å². The van der Waals surface area contributed by atoms with Crippen molar-refractivity contribution in [3.8, 4) is 0 Å². The number of rotatable bonds is 4. The van der Waals surface area contributed by atoms with Gasteiger partial charge in [0.2, 0.25) is 11.8 Å². The highest BCUT2D eigenvalue weighted by Gasteiger charge is 2.35. The first kappa shape index (κ1) is 15.4. The minimum absolute atomic E-state index is 0.0124. The molecule has 0 aromatic heterocycles. The Morgan fingerprint density at radius 3 is 2.76 bits per heavy atom. The average Bonchev–Trinajstić information content (AvgIpc) is 2.46. The van der Waals surface area contributed by atoms with Crippen molar-refractivity contribution in [2.45, 2.75) is 32.9 Å². The number of amides is 2. The van der Waals surface area contributed by atoms with E-state index in [2.05, 4.69) is 5.32 Å². The third-order valence-corrected chi connectivity index (χ3v) is 3.83. The monoisotopic (exact) mass is 296 g/mol. The van der Waals surface area contributed by atoms with Gasteiger partial charge < -0.3 is 10.2 Å². The number of carbonyl (C=O) groups excluding carboxylic acids is 2. The Labute approximate surface area is 122 Å². The Morgan fingerprint density at radius 2 is 2.10 bits per heavy atom. The van der Waals surface area contributed by atoms with E-state index in [9.17, 15) is 18.4 Å². The van der Waals surface area contributed by atoms with Gasteiger partial charge >= 0.3 is 0 Å². The van der Waals surface area contributed by atoms with Crippen LogP contribution in [0.15, 0.2) is 18.2 Å². The molecule has 1 aromatic carbocycles. The van der Waals surface area contributed by atoms with Gasteiger partial charge in [-0.05, 0) is 12.0 Å². The predicted molar refractivity (Wildman–Crippen MR) is 73.2 cm³/mol. The molecule has 0 bridgehead atoms. The fourth-order valence-electron chi connectivity index (χ4n) is 2.36. The van der Waals surface area contributed by atoms with Crippen molar-refractivity contribution >= 4 is 11.8 Å². The number of hydrogen-bond donors (Lipinski definition) is 1. The van der Waals surface area contributed by atoms with Gasteiger partial charge in [0.25, 0.3) is 0 Å². The maximum Gasteiger partial charge on any atom is 0.246 e. The van der Waals surface area contributed by atoms with Gasteiger partial charge in [-0.2, -0.15) is 0 Å². The van der Waals surface area contributed by atoms with Crippen molar-refractivity contribution in [1.82, 2.24) is 10.2 Å². The first-order valence-electron chi connectivity index (χ1n) is 6.95. The van der Waals surface area contributed by atoms with Crippen LogP contribution in [-0.4, -0.2) is 29.3 Å². The van der Waals surface area contributed by atoms with Crippen LogP contribution in [0.3, 0.4) is 0 Å². The molecular formula is C15H18F2N2O2. The maximum absolute atomic E-state index is 13.7. The van der Waals surface area contributed by atoms with Gasteiger partial charge in [-0.1, -0.05) is 32.4 Å². The summed E-state index contributed by atoms with van der Waals surface area (Å²) in [5.41, 5.74) is 0.0703. The summed E-state index contributed by atoms with van der Waals surface area (Å²) >= 11 is 0. The highest BCUT2D eigenvalue weighted by Crippen LogP contribution is 2.18. The zero-order chi connectivity index (χ0) is 15.6. The SMILES string of the molecule is CCC(C)C1NC(=O)CN(Cc2cccc(F)c2F)C1=O. The Balaban J connectivity index is 2.20. The van der Waals surface area contributed by atoms with E-state index in [-0.39, 0.29) is 36.4 Å². The van der Waals surface area contributed by atoms with Crippen molar-refractivity contribution in [1.29, 1.82) is 0 Å². The van der Waals surface area contributed by atoms with Crippen LogP contribution in [0.2, 0.25) is 0 Å². The summed E-state index contributed by atoms with van der Waals surface area (Å²) in [6, 6.07) is 3.21. The molecule has 1 aromatic rings. The molecular weight excluding hydrogens is 278 g/mol. The zero-order valence-corrected chi connectivity index (χ0v) is 12.0. The van der Waals surface area contributed by atoms with Crippen LogP contribution >= 0.6 is 0 Å². The molecule has 1 aliphatic rings. The van der Waals surface area contributed by atoms with E-state index < -0.39 is 17.7 Å². The van der Waals surface area contributed by atoms with Gasteiger partial charge in [0, 0.05) is 12.1 Å². The number of carbonyl (C=O) groups is 2. The van der Waals surface area contributed by atoms with Crippen LogP contribution in [0.5, 0.6) is 0 Å². The standard InChI is InChI=1S/C15H18F2N2O2/c1-3-9(2)14-15(21)19(8-12(20)18-14)7-10-5-4-6-11(16)13(10)17/h4-6,9,14H,3,7-8H2,1-2H3,(H,18,20). The van der Waals surface area contributed by atoms with Gasteiger partial charge in [-0.25, -0.2) is 8.78 Å². The molecule has 4 nitrogen and oxygen atoms in total. The van der Waals surface area contributed by atoms with Gasteiger partial charge in [0.05, 0.1) is 6.54 Å². The Kier molecular flexibility index (Phi) is 4.55. The smallest absolute Gasteiger partial charge is 0.246 e. The second-order valence-electron chi connectivity index (χ2n) is 5.34. The molecule has 0 spiro atoms. The molecule has 2 unspecified atom stereocenters. The largest absolute Gasteiger partial charge is 0.342 e. The summed E-state index contributed by atoms with van der Waals surface area (Å²) in [7, 11) is 0. The number of benzene rings is 1. The van der Waals surface area contributed by atoms with E-state index in [1.807, 2.05) is 13.8 Å². The van der Waals surface area contributed by atoms with Crippen LogP contribution < -0.4 is 5.32 Å². The molecule has 21 heavy (non-hydrogen) atoms. The van der Waals surface area contributed by atoms with Crippen LogP contribution in [-0.2, 0) is 16.1 Å². The minimum atomic E-state index is -0.976. The van der Waals surface area contributed by atoms with E-state index in [4.69, 9.17) is 0 Å². The van der Waals surface area contributed by atoms with Crippen molar-refractivity contribution in [3.63, 3.8) is 0 Å². The summed E-state index contributed by atoms with van der Waals surface area (Å²) in [4.78, 5) is 25.4. The highest BCUT2D eigenvalue weighted by atomic mass is 19.2. The molecule has 1 aliphatic heterocycles. The molecule has 114 valence electrons. The van der Waals surface area contributed by atoms with E-state index >= 15 is 0 Å². The van der Waals surface area contributed by atoms with Crippen molar-refractivity contribution in [3.05, 3.63) is 35.4 Å². The lowest BCUT2D eigenvalue weighted by Crippen LogP contribution is -2.59. The van der Waals surface area contributed by atoms with E-state index in [0.717, 1.165) is 12.5 Å². The lowest BCUT2D eigenvalue weighted by Gasteiger charge is -2.35. The van der Waals surface area contributed by atoms with Gasteiger partial charge in [-0.3, -0.25) is 9.59 Å².